The van der Waals surface area contributed by atoms with Crippen LogP contribution in [0, 0.1) is 12.3 Å². The van der Waals surface area contributed by atoms with Crippen LogP contribution < -0.4 is 5.32 Å². The summed E-state index contributed by atoms with van der Waals surface area (Å²) in [5.74, 6) is 2.47. The highest BCUT2D eigenvalue weighted by Crippen LogP contribution is 2.10. The molecule has 0 atom stereocenters. The van der Waals surface area contributed by atoms with E-state index in [-0.39, 0.29) is 5.91 Å². The first-order valence-electron chi connectivity index (χ1n) is 3.95. The molecule has 1 aromatic rings. The Balaban J connectivity index is 2.23. The number of carbonyl (C=O) groups is 1. The van der Waals surface area contributed by atoms with Gasteiger partial charge in [0.05, 0.1) is 0 Å². The number of nitrogens with zero attached hydrogens (tertiary/aromatic N) is 1. The van der Waals surface area contributed by atoms with E-state index in [0.29, 0.717) is 18.0 Å². The lowest BCUT2D eigenvalue weighted by Crippen LogP contribution is -2.10. The zero-order chi connectivity index (χ0) is 9.52. The van der Waals surface area contributed by atoms with E-state index in [4.69, 9.17) is 6.42 Å². The summed E-state index contributed by atoms with van der Waals surface area (Å²) in [6.45, 7) is 0. The number of hydrogen-bond acceptors (Lipinski definition) is 3. The minimum absolute atomic E-state index is 0.0230. The van der Waals surface area contributed by atoms with Crippen molar-refractivity contribution in [3.63, 3.8) is 0 Å². The Kier molecular flexibility index (Phi) is 4.00. The largest absolute Gasteiger partial charge is 0.302 e. The number of carbonyl (C=O) groups excluding carboxylic acids is 1. The van der Waals surface area contributed by atoms with Gasteiger partial charge in [-0.15, -0.1) is 23.7 Å². The third-order valence-corrected chi connectivity index (χ3v) is 2.09. The van der Waals surface area contributed by atoms with E-state index in [1.165, 1.54) is 11.3 Å². The maximum Gasteiger partial charge on any atom is 0.226 e. The van der Waals surface area contributed by atoms with Crippen LogP contribution >= 0.6 is 11.3 Å². The van der Waals surface area contributed by atoms with Gasteiger partial charge >= 0.3 is 0 Å². The van der Waals surface area contributed by atoms with Gasteiger partial charge in [-0.2, -0.15) is 0 Å². The third kappa shape index (κ3) is 3.72. The van der Waals surface area contributed by atoms with Gasteiger partial charge in [0, 0.05) is 24.4 Å². The second-order valence-electron chi connectivity index (χ2n) is 2.44. The van der Waals surface area contributed by atoms with Crippen LogP contribution in [0.2, 0.25) is 0 Å². The number of anilines is 1. The first-order chi connectivity index (χ1) is 6.33. The van der Waals surface area contributed by atoms with Crippen molar-refractivity contribution in [1.29, 1.82) is 0 Å². The second kappa shape index (κ2) is 5.33. The minimum atomic E-state index is -0.0230. The molecule has 0 saturated heterocycles. The van der Waals surface area contributed by atoms with Gasteiger partial charge in [0.25, 0.3) is 0 Å². The van der Waals surface area contributed by atoms with Crippen LogP contribution in [0.5, 0.6) is 0 Å². The van der Waals surface area contributed by atoms with Crippen LogP contribution in [-0.4, -0.2) is 10.9 Å². The molecule has 3 nitrogen and oxygen atoms in total. The van der Waals surface area contributed by atoms with Gasteiger partial charge in [0.15, 0.2) is 5.13 Å². The first-order valence-corrected chi connectivity index (χ1v) is 4.83. The quantitative estimate of drug-likeness (QED) is 0.587. The Hall–Kier alpha value is -1.34. The number of amides is 1. The SMILES string of the molecule is C#CCCCC(=O)Nc1nccs1. The lowest BCUT2D eigenvalue weighted by Gasteiger charge is -1.98. The summed E-state index contributed by atoms with van der Waals surface area (Å²) in [4.78, 5) is 15.1. The monoisotopic (exact) mass is 194 g/mol. The predicted octanol–water partition coefficient (Wildman–Crippen LogP) is 1.89. The molecule has 4 heteroatoms. The molecule has 0 aliphatic heterocycles. The van der Waals surface area contributed by atoms with Crippen LogP contribution in [0.4, 0.5) is 5.13 Å². The minimum Gasteiger partial charge on any atom is -0.302 e. The molecule has 0 unspecified atom stereocenters. The predicted molar refractivity (Wildman–Crippen MR) is 53.4 cm³/mol. The van der Waals surface area contributed by atoms with Crippen LogP contribution in [0.1, 0.15) is 19.3 Å². The molecule has 0 spiro atoms. The summed E-state index contributed by atoms with van der Waals surface area (Å²) in [6.07, 6.45) is 8.55. The van der Waals surface area contributed by atoms with Crippen molar-refractivity contribution in [3.8, 4) is 12.3 Å². The molecule has 0 aromatic carbocycles. The van der Waals surface area contributed by atoms with E-state index >= 15 is 0 Å². The average Bonchev–Trinajstić information content (AvgIpc) is 2.57. The molecule has 13 heavy (non-hydrogen) atoms. The molecule has 1 heterocycles. The van der Waals surface area contributed by atoms with Crippen molar-refractivity contribution in [2.24, 2.45) is 0 Å². The van der Waals surface area contributed by atoms with E-state index < -0.39 is 0 Å². The molecule has 1 rings (SSSR count). The van der Waals surface area contributed by atoms with Crippen LogP contribution in [0.3, 0.4) is 0 Å². The zero-order valence-corrected chi connectivity index (χ0v) is 7.93. The highest BCUT2D eigenvalue weighted by molar-refractivity contribution is 7.13. The molecule has 0 fully saturated rings. The standard InChI is InChI=1S/C9H10N2OS/c1-2-3-4-5-8(12)11-9-10-6-7-13-9/h1,6-7H,3-5H2,(H,10,11,12). The van der Waals surface area contributed by atoms with Gasteiger partial charge < -0.3 is 5.32 Å². The van der Waals surface area contributed by atoms with Crippen LogP contribution in [0.15, 0.2) is 11.6 Å². The lowest BCUT2D eigenvalue weighted by atomic mass is 10.2. The molecule has 1 aromatic heterocycles. The number of terminal acetylenes is 1. The third-order valence-electron chi connectivity index (χ3n) is 1.40. The fraction of sp³-hybridized carbons (Fsp3) is 0.333. The second-order valence-corrected chi connectivity index (χ2v) is 3.34. The van der Waals surface area contributed by atoms with Crippen molar-refractivity contribution in [2.45, 2.75) is 19.3 Å². The van der Waals surface area contributed by atoms with Crippen molar-refractivity contribution in [2.75, 3.05) is 5.32 Å². The summed E-state index contributed by atoms with van der Waals surface area (Å²) in [7, 11) is 0. The van der Waals surface area contributed by atoms with Gasteiger partial charge in [-0.05, 0) is 6.42 Å². The van der Waals surface area contributed by atoms with Crippen molar-refractivity contribution in [1.82, 2.24) is 4.98 Å². The van der Waals surface area contributed by atoms with Gasteiger partial charge in [-0.3, -0.25) is 4.79 Å². The summed E-state index contributed by atoms with van der Waals surface area (Å²) in [5, 5.41) is 5.14. The Morgan fingerprint density at radius 1 is 1.77 bits per heavy atom. The summed E-state index contributed by atoms with van der Waals surface area (Å²) in [6, 6.07) is 0. The fourth-order valence-electron chi connectivity index (χ4n) is 0.818. The van der Waals surface area contributed by atoms with E-state index in [1.807, 2.05) is 5.38 Å². The maximum atomic E-state index is 11.2. The smallest absolute Gasteiger partial charge is 0.226 e. The van der Waals surface area contributed by atoms with Gasteiger partial charge in [0.1, 0.15) is 0 Å². The van der Waals surface area contributed by atoms with Gasteiger partial charge in [-0.1, -0.05) is 0 Å². The van der Waals surface area contributed by atoms with Crippen molar-refractivity contribution in [3.05, 3.63) is 11.6 Å². The number of nitrogens with one attached hydrogen (secondary N) is 1. The number of thiazole rings is 1. The summed E-state index contributed by atoms with van der Waals surface area (Å²) in [5.41, 5.74) is 0. The van der Waals surface area contributed by atoms with E-state index in [1.54, 1.807) is 6.20 Å². The van der Waals surface area contributed by atoms with Crippen LogP contribution in [0.25, 0.3) is 0 Å². The van der Waals surface area contributed by atoms with E-state index in [2.05, 4.69) is 16.2 Å². The molecule has 0 aliphatic rings. The molecule has 1 amide bonds. The zero-order valence-electron chi connectivity index (χ0n) is 7.12. The fourth-order valence-corrected chi connectivity index (χ4v) is 1.36. The highest BCUT2D eigenvalue weighted by Gasteiger charge is 2.02. The summed E-state index contributed by atoms with van der Waals surface area (Å²) >= 11 is 1.41. The molecule has 0 aliphatic carbocycles. The normalized spacial score (nSPS) is 9.15. The number of hydrogen-bond donors (Lipinski definition) is 1. The molecule has 68 valence electrons. The molecular weight excluding hydrogens is 184 g/mol. The molecular formula is C9H10N2OS. The van der Waals surface area contributed by atoms with E-state index in [0.717, 1.165) is 6.42 Å². The Morgan fingerprint density at radius 2 is 2.62 bits per heavy atom. The Bertz CT molecular complexity index is 300. The van der Waals surface area contributed by atoms with Crippen LogP contribution in [-0.2, 0) is 4.79 Å². The molecule has 0 saturated carbocycles. The molecule has 1 N–H and O–H groups in total. The number of rotatable bonds is 4. The topological polar surface area (TPSA) is 42.0 Å². The maximum absolute atomic E-state index is 11.2. The number of aromatic nitrogens is 1. The van der Waals surface area contributed by atoms with Gasteiger partial charge in [0.2, 0.25) is 5.91 Å². The first kappa shape index (κ1) is 9.75. The van der Waals surface area contributed by atoms with Crippen molar-refractivity contribution >= 4 is 22.4 Å². The van der Waals surface area contributed by atoms with Crippen molar-refractivity contribution < 1.29 is 4.79 Å². The van der Waals surface area contributed by atoms with E-state index in [9.17, 15) is 4.79 Å². The average molecular weight is 194 g/mol. The Labute approximate surface area is 81.2 Å². The number of unbranched alkanes of at least 4 members (excludes halogenated alkanes) is 1. The summed E-state index contributed by atoms with van der Waals surface area (Å²) < 4.78 is 0. The molecule has 0 radical (unpaired) electrons. The lowest BCUT2D eigenvalue weighted by molar-refractivity contribution is -0.116. The highest BCUT2D eigenvalue weighted by atomic mass is 32.1. The Morgan fingerprint density at radius 3 is 3.23 bits per heavy atom. The van der Waals surface area contributed by atoms with Gasteiger partial charge in [-0.25, -0.2) is 4.98 Å². The molecule has 0 bridgehead atoms.